The Labute approximate surface area is 155 Å². The van der Waals surface area contributed by atoms with E-state index in [0.717, 1.165) is 18.9 Å². The smallest absolute Gasteiger partial charge is 0.330 e. The van der Waals surface area contributed by atoms with E-state index < -0.39 is 5.97 Å². The summed E-state index contributed by atoms with van der Waals surface area (Å²) in [5.41, 5.74) is 0. The molecule has 0 heterocycles. The molecule has 0 rings (SSSR count). The zero-order valence-corrected chi connectivity index (χ0v) is 16.5. The second kappa shape index (κ2) is 19.2. The summed E-state index contributed by atoms with van der Waals surface area (Å²) < 4.78 is 4.72. The Hall–Kier alpha value is -1.12. The molecule has 0 aliphatic rings. The second-order valence-electron chi connectivity index (χ2n) is 7.05. The molecule has 0 radical (unpaired) electrons. The van der Waals surface area contributed by atoms with Crippen molar-refractivity contribution >= 4 is 11.8 Å². The summed E-state index contributed by atoms with van der Waals surface area (Å²) in [6.45, 7) is 5.46. The first-order valence-electron chi connectivity index (χ1n) is 10.5. The Morgan fingerprint density at radius 3 is 1.52 bits per heavy atom. The molecule has 0 unspecified atom stereocenters. The van der Waals surface area contributed by atoms with E-state index >= 15 is 0 Å². The van der Waals surface area contributed by atoms with Gasteiger partial charge >= 0.3 is 5.97 Å². The quantitative estimate of drug-likeness (QED) is 0.150. The molecule has 0 atom stereocenters. The minimum absolute atomic E-state index is 0.00453. The van der Waals surface area contributed by atoms with Crippen LogP contribution < -0.4 is 0 Å². The van der Waals surface area contributed by atoms with Crippen LogP contribution in [0.25, 0.3) is 0 Å². The largest absolute Gasteiger partial charge is 0.455 e. The molecule has 3 nitrogen and oxygen atoms in total. The Morgan fingerprint density at radius 2 is 1.12 bits per heavy atom. The van der Waals surface area contributed by atoms with Gasteiger partial charge in [-0.2, -0.15) is 0 Å². The molecule has 0 fully saturated rings. The normalized spacial score (nSPS) is 10.6. The van der Waals surface area contributed by atoms with Gasteiger partial charge in [0.1, 0.15) is 6.61 Å². The van der Waals surface area contributed by atoms with Crippen molar-refractivity contribution in [1.82, 2.24) is 0 Å². The van der Waals surface area contributed by atoms with Gasteiger partial charge in [0, 0.05) is 12.5 Å². The molecule has 0 spiro atoms. The molecular formula is C22H40O3. The lowest BCUT2D eigenvalue weighted by molar-refractivity contribution is -0.143. The van der Waals surface area contributed by atoms with Crippen LogP contribution in [0.2, 0.25) is 0 Å². The third kappa shape index (κ3) is 19.1. The SMILES string of the molecule is C=CC(=O)OCC(=O)CCCCCCCCCCCCCCCCC. The second-order valence-corrected chi connectivity index (χ2v) is 7.05. The van der Waals surface area contributed by atoms with Crippen LogP contribution in [0.1, 0.15) is 110 Å². The van der Waals surface area contributed by atoms with Crippen molar-refractivity contribution in [2.45, 2.75) is 110 Å². The van der Waals surface area contributed by atoms with Gasteiger partial charge in [-0.15, -0.1) is 0 Å². The molecular weight excluding hydrogens is 312 g/mol. The van der Waals surface area contributed by atoms with Crippen LogP contribution in [0, 0.1) is 0 Å². The molecule has 0 aromatic carbocycles. The van der Waals surface area contributed by atoms with E-state index in [1.807, 2.05) is 0 Å². The third-order valence-electron chi connectivity index (χ3n) is 4.60. The van der Waals surface area contributed by atoms with Crippen LogP contribution in [0.3, 0.4) is 0 Å². The minimum Gasteiger partial charge on any atom is -0.455 e. The first-order chi connectivity index (χ1) is 12.2. The molecule has 3 heteroatoms. The van der Waals surface area contributed by atoms with Crippen LogP contribution in [-0.4, -0.2) is 18.4 Å². The number of carbonyl (C=O) groups is 2. The highest BCUT2D eigenvalue weighted by molar-refractivity contribution is 5.86. The molecule has 0 aliphatic heterocycles. The summed E-state index contributed by atoms with van der Waals surface area (Å²) in [6, 6.07) is 0. The molecule has 0 saturated heterocycles. The number of rotatable bonds is 19. The molecule has 0 saturated carbocycles. The van der Waals surface area contributed by atoms with Crippen LogP contribution >= 0.6 is 0 Å². The van der Waals surface area contributed by atoms with E-state index in [-0.39, 0.29) is 12.4 Å². The lowest BCUT2D eigenvalue weighted by atomic mass is 10.0. The van der Waals surface area contributed by atoms with Crippen LogP contribution in [0.5, 0.6) is 0 Å². The molecule has 25 heavy (non-hydrogen) atoms. The van der Waals surface area contributed by atoms with Crippen molar-refractivity contribution < 1.29 is 14.3 Å². The highest BCUT2D eigenvalue weighted by Gasteiger charge is 2.04. The number of ketones is 1. The first-order valence-corrected chi connectivity index (χ1v) is 10.5. The van der Waals surface area contributed by atoms with Crippen LogP contribution in [0.4, 0.5) is 0 Å². The predicted molar refractivity (Wildman–Crippen MR) is 106 cm³/mol. The molecule has 0 aliphatic carbocycles. The van der Waals surface area contributed by atoms with Gasteiger partial charge < -0.3 is 4.74 Å². The Balaban J connectivity index is 3.15. The van der Waals surface area contributed by atoms with Crippen molar-refractivity contribution in [3.63, 3.8) is 0 Å². The zero-order chi connectivity index (χ0) is 18.6. The number of esters is 1. The van der Waals surface area contributed by atoms with Crippen molar-refractivity contribution in [1.29, 1.82) is 0 Å². The third-order valence-corrected chi connectivity index (χ3v) is 4.60. The summed E-state index contributed by atoms with van der Waals surface area (Å²) in [4.78, 5) is 22.3. The molecule has 0 bridgehead atoms. The average molecular weight is 353 g/mol. The fourth-order valence-corrected chi connectivity index (χ4v) is 2.98. The monoisotopic (exact) mass is 352 g/mol. The molecule has 146 valence electrons. The minimum atomic E-state index is -0.523. The molecule has 0 amide bonds. The van der Waals surface area contributed by atoms with Gasteiger partial charge in [-0.25, -0.2) is 4.79 Å². The van der Waals surface area contributed by atoms with Gasteiger partial charge in [0.2, 0.25) is 0 Å². The average Bonchev–Trinajstić information content (AvgIpc) is 2.62. The van der Waals surface area contributed by atoms with E-state index in [2.05, 4.69) is 13.5 Å². The fourth-order valence-electron chi connectivity index (χ4n) is 2.98. The van der Waals surface area contributed by atoms with E-state index in [4.69, 9.17) is 4.74 Å². The van der Waals surface area contributed by atoms with E-state index in [9.17, 15) is 9.59 Å². The highest BCUT2D eigenvalue weighted by Crippen LogP contribution is 2.13. The number of hydrogen-bond acceptors (Lipinski definition) is 3. The van der Waals surface area contributed by atoms with Gasteiger partial charge in [0.05, 0.1) is 0 Å². The van der Waals surface area contributed by atoms with Gasteiger partial charge in [-0.05, 0) is 6.42 Å². The summed E-state index contributed by atoms with van der Waals surface area (Å²) in [7, 11) is 0. The van der Waals surface area contributed by atoms with Crippen molar-refractivity contribution in [3.05, 3.63) is 12.7 Å². The number of Topliss-reactive ketones (excluding diaryl/α,β-unsaturated/α-hetero) is 1. The van der Waals surface area contributed by atoms with E-state index in [1.54, 1.807) is 0 Å². The lowest BCUT2D eigenvalue weighted by Gasteiger charge is -2.04. The summed E-state index contributed by atoms with van der Waals surface area (Å²) in [6.07, 6.45) is 21.4. The maximum Gasteiger partial charge on any atom is 0.330 e. The van der Waals surface area contributed by atoms with Crippen LogP contribution in [-0.2, 0) is 14.3 Å². The predicted octanol–water partition coefficient (Wildman–Crippen LogP) is 6.55. The van der Waals surface area contributed by atoms with E-state index in [0.29, 0.717) is 6.42 Å². The maximum atomic E-state index is 11.5. The van der Waals surface area contributed by atoms with Gasteiger partial charge in [0.25, 0.3) is 0 Å². The van der Waals surface area contributed by atoms with Gasteiger partial charge in [0.15, 0.2) is 5.78 Å². The standard InChI is InChI=1S/C22H40O3/c1-3-5-6-7-8-9-10-11-12-13-14-15-16-17-18-19-21(23)20-25-22(24)4-2/h4H,2-3,5-20H2,1H3. The van der Waals surface area contributed by atoms with Gasteiger partial charge in [-0.3, -0.25) is 4.79 Å². The van der Waals surface area contributed by atoms with Crippen molar-refractivity contribution in [2.75, 3.05) is 6.61 Å². The van der Waals surface area contributed by atoms with E-state index in [1.165, 1.54) is 83.5 Å². The fraction of sp³-hybridized carbons (Fsp3) is 0.818. The first kappa shape index (κ1) is 23.9. The molecule has 0 aromatic rings. The van der Waals surface area contributed by atoms with Gasteiger partial charge in [-0.1, -0.05) is 103 Å². The van der Waals surface area contributed by atoms with Crippen molar-refractivity contribution in [3.8, 4) is 0 Å². The zero-order valence-electron chi connectivity index (χ0n) is 16.5. The van der Waals surface area contributed by atoms with Crippen molar-refractivity contribution in [2.24, 2.45) is 0 Å². The maximum absolute atomic E-state index is 11.5. The number of ether oxygens (including phenoxy) is 1. The summed E-state index contributed by atoms with van der Waals surface area (Å²) in [5, 5.41) is 0. The summed E-state index contributed by atoms with van der Waals surface area (Å²) >= 11 is 0. The Morgan fingerprint density at radius 1 is 0.720 bits per heavy atom. The Kier molecular flexibility index (Phi) is 18.3. The van der Waals surface area contributed by atoms with Crippen LogP contribution in [0.15, 0.2) is 12.7 Å². The molecule has 0 N–H and O–H groups in total. The number of unbranched alkanes of at least 4 members (excludes halogenated alkanes) is 14. The highest BCUT2D eigenvalue weighted by atomic mass is 16.5. The Bertz CT molecular complexity index is 336. The number of carbonyl (C=O) groups excluding carboxylic acids is 2. The summed E-state index contributed by atoms with van der Waals surface area (Å²) in [5.74, 6) is -0.519. The molecule has 0 aromatic heterocycles. The number of hydrogen-bond donors (Lipinski definition) is 0. The topological polar surface area (TPSA) is 43.4 Å². The lowest BCUT2D eigenvalue weighted by Crippen LogP contribution is -2.11.